The highest BCUT2D eigenvalue weighted by Crippen LogP contribution is 2.31. The van der Waals surface area contributed by atoms with Gasteiger partial charge in [0.25, 0.3) is 0 Å². The minimum absolute atomic E-state index is 0.327. The first-order valence-corrected chi connectivity index (χ1v) is 10.2. The molecular formula is C22H25N5O. The topological polar surface area (TPSA) is 56.0 Å². The molecule has 0 N–H and O–H groups in total. The fourth-order valence-electron chi connectivity index (χ4n) is 4.72. The summed E-state index contributed by atoms with van der Waals surface area (Å²) in [6, 6.07) is 12.6. The molecule has 1 amide bonds. The van der Waals surface area contributed by atoms with Gasteiger partial charge in [0.15, 0.2) is 5.82 Å². The third-order valence-corrected chi connectivity index (χ3v) is 6.05. The maximum atomic E-state index is 12.5. The molecule has 5 rings (SSSR count). The molecule has 6 nitrogen and oxygen atoms in total. The summed E-state index contributed by atoms with van der Waals surface area (Å²) in [6.07, 6.45) is 11.2. The van der Waals surface area contributed by atoms with Crippen LogP contribution in [0.5, 0.6) is 0 Å². The van der Waals surface area contributed by atoms with Crippen molar-refractivity contribution in [1.29, 1.82) is 0 Å². The Balaban J connectivity index is 1.37. The molecule has 2 aromatic heterocycles. The van der Waals surface area contributed by atoms with Gasteiger partial charge in [-0.2, -0.15) is 5.10 Å². The smallest absolute Gasteiger partial charge is 0.223 e. The van der Waals surface area contributed by atoms with Crippen LogP contribution in [-0.4, -0.2) is 42.7 Å². The predicted molar refractivity (Wildman–Crippen MR) is 107 cm³/mol. The summed E-state index contributed by atoms with van der Waals surface area (Å²) in [6.45, 7) is 1.68. The number of carbonyl (C=O) groups is 1. The maximum absolute atomic E-state index is 12.5. The van der Waals surface area contributed by atoms with Gasteiger partial charge in [-0.05, 0) is 31.0 Å². The van der Waals surface area contributed by atoms with E-state index in [1.165, 1.54) is 25.7 Å². The number of amides is 1. The summed E-state index contributed by atoms with van der Waals surface area (Å²) in [7, 11) is 0. The molecule has 1 atom stereocenters. The first-order valence-electron chi connectivity index (χ1n) is 10.2. The second-order valence-corrected chi connectivity index (χ2v) is 7.92. The van der Waals surface area contributed by atoms with Crippen LogP contribution in [0.4, 0.5) is 0 Å². The lowest BCUT2D eigenvalue weighted by atomic mass is 10.1. The quantitative estimate of drug-likeness (QED) is 0.685. The van der Waals surface area contributed by atoms with Gasteiger partial charge < -0.3 is 9.47 Å². The summed E-state index contributed by atoms with van der Waals surface area (Å²) >= 11 is 0. The Morgan fingerprint density at radius 3 is 2.68 bits per heavy atom. The lowest BCUT2D eigenvalue weighted by molar-refractivity contribution is -0.129. The Morgan fingerprint density at radius 1 is 1.04 bits per heavy atom. The van der Waals surface area contributed by atoms with Gasteiger partial charge in [-0.15, -0.1) is 0 Å². The molecule has 2 fully saturated rings. The number of hydrogen-bond acceptors (Lipinski definition) is 3. The summed E-state index contributed by atoms with van der Waals surface area (Å²) < 4.78 is 4.09. The fraction of sp³-hybridized carbons (Fsp3) is 0.409. The number of aromatic nitrogens is 4. The second kappa shape index (κ2) is 7.26. The number of para-hydroxylation sites is 1. The molecule has 2 aliphatic rings. The van der Waals surface area contributed by atoms with Gasteiger partial charge in [0, 0.05) is 43.9 Å². The summed E-state index contributed by atoms with van der Waals surface area (Å²) in [5.74, 6) is 1.56. The zero-order valence-electron chi connectivity index (χ0n) is 15.9. The van der Waals surface area contributed by atoms with Crippen LogP contribution in [0.1, 0.15) is 32.1 Å². The normalized spacial score (nSPS) is 20.4. The largest absolute Gasteiger partial charge is 0.339 e. The Morgan fingerprint density at radius 2 is 1.86 bits per heavy atom. The van der Waals surface area contributed by atoms with Crippen LogP contribution in [0.25, 0.3) is 17.2 Å². The number of imidazole rings is 1. The van der Waals surface area contributed by atoms with Gasteiger partial charge >= 0.3 is 0 Å². The molecule has 6 heteroatoms. The molecule has 3 heterocycles. The van der Waals surface area contributed by atoms with Crippen molar-refractivity contribution in [2.75, 3.05) is 6.54 Å². The van der Waals surface area contributed by atoms with Gasteiger partial charge in [0.2, 0.25) is 5.91 Å². The minimum atomic E-state index is 0.327. The summed E-state index contributed by atoms with van der Waals surface area (Å²) in [5.41, 5.74) is 1.98. The lowest BCUT2D eigenvalue weighted by Crippen LogP contribution is -2.34. The van der Waals surface area contributed by atoms with Crippen LogP contribution in [0.15, 0.2) is 55.0 Å². The summed E-state index contributed by atoms with van der Waals surface area (Å²) in [5, 5.41) is 4.49. The van der Waals surface area contributed by atoms with E-state index in [-0.39, 0.29) is 0 Å². The van der Waals surface area contributed by atoms with Gasteiger partial charge in [-0.3, -0.25) is 4.79 Å². The highest BCUT2D eigenvalue weighted by atomic mass is 16.2. The molecule has 1 saturated carbocycles. The summed E-state index contributed by atoms with van der Waals surface area (Å²) in [4.78, 5) is 19.3. The van der Waals surface area contributed by atoms with E-state index in [0.29, 0.717) is 24.3 Å². The molecule has 1 aromatic carbocycles. The Bertz CT molecular complexity index is 954. The van der Waals surface area contributed by atoms with Crippen LogP contribution < -0.4 is 0 Å². The van der Waals surface area contributed by atoms with E-state index < -0.39 is 0 Å². The van der Waals surface area contributed by atoms with Crippen LogP contribution in [-0.2, 0) is 11.3 Å². The fourth-order valence-corrected chi connectivity index (χ4v) is 4.72. The van der Waals surface area contributed by atoms with Gasteiger partial charge in [-0.1, -0.05) is 31.0 Å². The number of likely N-dealkylation sites (tertiary alicyclic amines) is 1. The first kappa shape index (κ1) is 17.2. The van der Waals surface area contributed by atoms with Crippen molar-refractivity contribution in [2.45, 2.75) is 44.7 Å². The monoisotopic (exact) mass is 375 g/mol. The molecule has 0 spiro atoms. The first-order chi connectivity index (χ1) is 13.8. The van der Waals surface area contributed by atoms with Crippen molar-refractivity contribution < 1.29 is 4.79 Å². The molecule has 144 valence electrons. The van der Waals surface area contributed by atoms with Crippen LogP contribution >= 0.6 is 0 Å². The second-order valence-electron chi connectivity index (χ2n) is 7.92. The molecule has 28 heavy (non-hydrogen) atoms. The Kier molecular flexibility index (Phi) is 4.47. The van der Waals surface area contributed by atoms with Crippen molar-refractivity contribution in [3.8, 4) is 17.2 Å². The van der Waals surface area contributed by atoms with Crippen molar-refractivity contribution in [2.24, 2.45) is 5.92 Å². The number of rotatable bonds is 5. The number of carbonyl (C=O) groups excluding carboxylic acids is 1. The van der Waals surface area contributed by atoms with E-state index >= 15 is 0 Å². The van der Waals surface area contributed by atoms with E-state index in [1.54, 1.807) is 0 Å². The number of hydrogen-bond donors (Lipinski definition) is 0. The molecule has 1 unspecified atom stereocenters. The molecule has 3 aromatic rings. The molecular weight excluding hydrogens is 350 g/mol. The number of benzene rings is 1. The third-order valence-electron chi connectivity index (χ3n) is 6.05. The standard InChI is InChI=1S/C22H25N5O/c28-21-14-17(16-26(21)18-6-4-5-7-18)15-25-13-12-23-22(25)20-10-11-24-27(20)19-8-2-1-3-9-19/h1-3,8-13,17-18H,4-7,14-16H2. The minimum Gasteiger partial charge on any atom is -0.339 e. The average Bonchev–Trinajstić information content (AvgIpc) is 3.50. The van der Waals surface area contributed by atoms with Crippen molar-refractivity contribution >= 4 is 5.91 Å². The molecule has 1 aliphatic heterocycles. The Hall–Kier alpha value is -2.89. The van der Waals surface area contributed by atoms with Crippen LogP contribution in [0.3, 0.4) is 0 Å². The van der Waals surface area contributed by atoms with E-state index in [9.17, 15) is 4.79 Å². The van der Waals surface area contributed by atoms with E-state index in [0.717, 1.165) is 30.3 Å². The maximum Gasteiger partial charge on any atom is 0.223 e. The molecule has 0 bridgehead atoms. The van der Waals surface area contributed by atoms with E-state index in [1.807, 2.05) is 59.7 Å². The lowest BCUT2D eigenvalue weighted by Gasteiger charge is -2.24. The van der Waals surface area contributed by atoms with Gasteiger partial charge in [0.1, 0.15) is 5.69 Å². The zero-order valence-corrected chi connectivity index (χ0v) is 15.9. The van der Waals surface area contributed by atoms with Gasteiger partial charge in [0.05, 0.1) is 11.9 Å². The molecule has 0 radical (unpaired) electrons. The third kappa shape index (κ3) is 3.13. The predicted octanol–water partition coefficient (Wildman–Crippen LogP) is 3.53. The van der Waals surface area contributed by atoms with Crippen molar-refractivity contribution in [1.82, 2.24) is 24.2 Å². The van der Waals surface area contributed by atoms with Gasteiger partial charge in [-0.25, -0.2) is 9.67 Å². The zero-order chi connectivity index (χ0) is 18.9. The SMILES string of the molecule is O=C1CC(Cn2ccnc2-c2ccnn2-c2ccccc2)CN1C1CCCC1. The van der Waals surface area contributed by atoms with Crippen LogP contribution in [0, 0.1) is 5.92 Å². The number of nitrogens with zero attached hydrogens (tertiary/aromatic N) is 5. The van der Waals surface area contributed by atoms with E-state index in [2.05, 4.69) is 19.5 Å². The highest BCUT2D eigenvalue weighted by Gasteiger charge is 2.35. The van der Waals surface area contributed by atoms with Crippen molar-refractivity contribution in [3.63, 3.8) is 0 Å². The van der Waals surface area contributed by atoms with Crippen molar-refractivity contribution in [3.05, 3.63) is 55.0 Å². The average molecular weight is 375 g/mol. The molecule has 1 saturated heterocycles. The Labute approximate surface area is 164 Å². The van der Waals surface area contributed by atoms with E-state index in [4.69, 9.17) is 0 Å². The molecule has 1 aliphatic carbocycles. The van der Waals surface area contributed by atoms with Crippen LogP contribution in [0.2, 0.25) is 0 Å². The highest BCUT2D eigenvalue weighted by molar-refractivity contribution is 5.79.